The van der Waals surface area contributed by atoms with Gasteiger partial charge in [0.2, 0.25) is 5.95 Å². The molecule has 1 N–H and O–H groups in total. The van der Waals surface area contributed by atoms with Crippen LogP contribution < -0.4 is 4.90 Å². The molecule has 1 saturated heterocycles. The molecule has 0 aromatic carbocycles. The number of piperidine rings is 1. The van der Waals surface area contributed by atoms with Crippen LogP contribution in [0, 0.1) is 0 Å². The molecule has 2 rings (SSSR count). The first-order valence-corrected chi connectivity index (χ1v) is 8.08. The molecule has 1 aromatic rings. The van der Waals surface area contributed by atoms with E-state index in [1.807, 2.05) is 0 Å². The van der Waals surface area contributed by atoms with Crippen molar-refractivity contribution in [3.63, 3.8) is 0 Å². The lowest BCUT2D eigenvalue weighted by Gasteiger charge is -2.35. The molecule has 23 heavy (non-hydrogen) atoms. The number of carboxylic acids is 1. The summed E-state index contributed by atoms with van der Waals surface area (Å²) < 4.78 is 0. The predicted octanol–water partition coefficient (Wildman–Crippen LogP) is 0.914. The van der Waals surface area contributed by atoms with Gasteiger partial charge in [0, 0.05) is 44.1 Å². The summed E-state index contributed by atoms with van der Waals surface area (Å²) in [7, 11) is 5.99. The molecule has 1 fully saturated rings. The standard InChI is InChI=1S/C16H27N5O2/c1-19(11-14-6-4-5-7-20(14)2)10-13-8-17-16(18-9-13)21(3)12-15(22)23/h8-9,14H,4-7,10-12H2,1-3H3,(H,22,23)/t14-/m0/s1. The summed E-state index contributed by atoms with van der Waals surface area (Å²) in [5.41, 5.74) is 1.04. The van der Waals surface area contributed by atoms with Gasteiger partial charge in [-0.3, -0.25) is 4.79 Å². The first-order chi connectivity index (χ1) is 11.0. The molecule has 0 aliphatic carbocycles. The van der Waals surface area contributed by atoms with Crippen LogP contribution in [0.3, 0.4) is 0 Å². The zero-order valence-corrected chi connectivity index (χ0v) is 14.3. The van der Waals surface area contributed by atoms with Gasteiger partial charge >= 0.3 is 5.97 Å². The summed E-state index contributed by atoms with van der Waals surface area (Å²) in [5, 5.41) is 8.79. The maximum atomic E-state index is 10.7. The molecular formula is C16H27N5O2. The summed E-state index contributed by atoms with van der Waals surface area (Å²) in [6.07, 6.45) is 7.44. The number of carbonyl (C=O) groups is 1. The highest BCUT2D eigenvalue weighted by Crippen LogP contribution is 2.16. The van der Waals surface area contributed by atoms with E-state index in [0.29, 0.717) is 12.0 Å². The van der Waals surface area contributed by atoms with E-state index in [0.717, 1.165) is 18.7 Å². The lowest BCUT2D eigenvalue weighted by atomic mass is 10.0. The van der Waals surface area contributed by atoms with Crippen LogP contribution in [0.25, 0.3) is 0 Å². The maximum Gasteiger partial charge on any atom is 0.323 e. The van der Waals surface area contributed by atoms with Crippen LogP contribution in [0.4, 0.5) is 5.95 Å². The molecule has 0 amide bonds. The van der Waals surface area contributed by atoms with Crippen molar-refractivity contribution >= 4 is 11.9 Å². The molecule has 0 bridgehead atoms. The molecule has 7 nitrogen and oxygen atoms in total. The van der Waals surface area contributed by atoms with Crippen LogP contribution in [0.5, 0.6) is 0 Å². The Morgan fingerprint density at radius 3 is 2.65 bits per heavy atom. The number of likely N-dealkylation sites (N-methyl/N-ethyl adjacent to an activating group) is 3. The fraction of sp³-hybridized carbons (Fsp3) is 0.688. The highest BCUT2D eigenvalue weighted by atomic mass is 16.4. The Balaban J connectivity index is 1.86. The average molecular weight is 321 g/mol. The van der Waals surface area contributed by atoms with E-state index in [4.69, 9.17) is 5.11 Å². The molecule has 1 aliphatic heterocycles. The smallest absolute Gasteiger partial charge is 0.323 e. The summed E-state index contributed by atoms with van der Waals surface area (Å²) in [6.45, 7) is 2.92. The van der Waals surface area contributed by atoms with Gasteiger partial charge in [-0.15, -0.1) is 0 Å². The van der Waals surface area contributed by atoms with Crippen molar-refractivity contribution in [1.29, 1.82) is 0 Å². The Bertz CT molecular complexity index is 508. The molecule has 0 spiro atoms. The molecule has 128 valence electrons. The predicted molar refractivity (Wildman–Crippen MR) is 89.5 cm³/mol. The molecule has 0 unspecified atom stereocenters. The van der Waals surface area contributed by atoms with Crippen molar-refractivity contribution < 1.29 is 9.90 Å². The Labute approximate surface area is 137 Å². The third-order valence-corrected chi connectivity index (χ3v) is 4.30. The zero-order chi connectivity index (χ0) is 16.8. The van der Waals surface area contributed by atoms with E-state index >= 15 is 0 Å². The zero-order valence-electron chi connectivity index (χ0n) is 14.3. The van der Waals surface area contributed by atoms with Gasteiger partial charge < -0.3 is 19.8 Å². The summed E-state index contributed by atoms with van der Waals surface area (Å²) >= 11 is 0. The highest BCUT2D eigenvalue weighted by molar-refractivity contribution is 5.72. The Morgan fingerprint density at radius 1 is 1.35 bits per heavy atom. The number of carboxylic acid groups (broad SMARTS) is 1. The van der Waals surface area contributed by atoms with Crippen LogP contribution in [-0.2, 0) is 11.3 Å². The van der Waals surface area contributed by atoms with Crippen molar-refractivity contribution in [3.05, 3.63) is 18.0 Å². The molecule has 0 radical (unpaired) electrons. The molecule has 1 aliphatic rings. The topological polar surface area (TPSA) is 72.8 Å². The van der Waals surface area contributed by atoms with Crippen molar-refractivity contribution in [2.45, 2.75) is 31.8 Å². The summed E-state index contributed by atoms with van der Waals surface area (Å²) in [5.74, 6) is -0.456. The largest absolute Gasteiger partial charge is 0.480 e. The fourth-order valence-corrected chi connectivity index (χ4v) is 3.01. The first kappa shape index (κ1) is 17.6. The second-order valence-electron chi connectivity index (χ2n) is 6.47. The van der Waals surface area contributed by atoms with Crippen LogP contribution in [0.15, 0.2) is 12.4 Å². The van der Waals surface area contributed by atoms with Gasteiger partial charge in [0.15, 0.2) is 0 Å². The third kappa shape index (κ3) is 5.44. The van der Waals surface area contributed by atoms with Crippen LogP contribution in [0.1, 0.15) is 24.8 Å². The average Bonchev–Trinajstić information content (AvgIpc) is 2.49. The van der Waals surface area contributed by atoms with Gasteiger partial charge in [0.25, 0.3) is 0 Å². The van der Waals surface area contributed by atoms with Gasteiger partial charge in [-0.05, 0) is 33.5 Å². The van der Waals surface area contributed by atoms with E-state index in [-0.39, 0.29) is 6.54 Å². The number of nitrogens with zero attached hydrogens (tertiary/aromatic N) is 5. The van der Waals surface area contributed by atoms with Crippen molar-refractivity contribution in [3.8, 4) is 0 Å². The molecule has 2 heterocycles. The number of likely N-dealkylation sites (tertiary alicyclic amines) is 1. The summed E-state index contributed by atoms with van der Waals surface area (Å²) in [4.78, 5) is 25.5. The minimum absolute atomic E-state index is 0.104. The minimum atomic E-state index is -0.892. The van der Waals surface area contributed by atoms with Crippen molar-refractivity contribution in [2.75, 3.05) is 45.7 Å². The number of hydrogen-bond acceptors (Lipinski definition) is 6. The van der Waals surface area contributed by atoms with E-state index < -0.39 is 5.97 Å². The monoisotopic (exact) mass is 321 g/mol. The van der Waals surface area contributed by atoms with E-state index in [1.54, 1.807) is 19.4 Å². The number of anilines is 1. The first-order valence-electron chi connectivity index (χ1n) is 8.08. The van der Waals surface area contributed by atoms with E-state index in [2.05, 4.69) is 33.9 Å². The van der Waals surface area contributed by atoms with Gasteiger partial charge in [-0.25, -0.2) is 9.97 Å². The van der Waals surface area contributed by atoms with Crippen molar-refractivity contribution in [1.82, 2.24) is 19.8 Å². The number of hydrogen-bond donors (Lipinski definition) is 1. The van der Waals surface area contributed by atoms with Gasteiger partial charge in [0.1, 0.15) is 6.54 Å². The van der Waals surface area contributed by atoms with E-state index in [1.165, 1.54) is 30.7 Å². The van der Waals surface area contributed by atoms with Crippen molar-refractivity contribution in [2.24, 2.45) is 0 Å². The molecule has 1 aromatic heterocycles. The molecule has 1 atom stereocenters. The summed E-state index contributed by atoms with van der Waals surface area (Å²) in [6, 6.07) is 0.621. The number of aliphatic carboxylic acids is 1. The van der Waals surface area contributed by atoms with Gasteiger partial charge in [-0.1, -0.05) is 6.42 Å². The second kappa shape index (κ2) is 8.21. The Morgan fingerprint density at radius 2 is 2.04 bits per heavy atom. The maximum absolute atomic E-state index is 10.7. The normalized spacial score (nSPS) is 19.0. The van der Waals surface area contributed by atoms with Crippen LogP contribution >= 0.6 is 0 Å². The number of rotatable bonds is 7. The SMILES string of the molecule is CN(Cc1cnc(N(C)CC(=O)O)nc1)C[C@@H]1CCCCN1C. The van der Waals surface area contributed by atoms with Crippen LogP contribution in [0.2, 0.25) is 0 Å². The third-order valence-electron chi connectivity index (χ3n) is 4.30. The van der Waals surface area contributed by atoms with Crippen LogP contribution in [-0.4, -0.2) is 77.7 Å². The van der Waals surface area contributed by atoms with E-state index in [9.17, 15) is 4.79 Å². The molecular weight excluding hydrogens is 294 g/mol. The highest BCUT2D eigenvalue weighted by Gasteiger charge is 2.20. The lowest BCUT2D eigenvalue weighted by Crippen LogP contribution is -2.43. The fourth-order valence-electron chi connectivity index (χ4n) is 3.01. The van der Waals surface area contributed by atoms with Gasteiger partial charge in [0.05, 0.1) is 0 Å². The quantitative estimate of drug-likeness (QED) is 0.800. The Kier molecular flexibility index (Phi) is 6.29. The molecule has 0 saturated carbocycles. The number of aromatic nitrogens is 2. The molecule has 7 heteroatoms. The Hall–Kier alpha value is -1.73. The second-order valence-corrected chi connectivity index (χ2v) is 6.47. The lowest BCUT2D eigenvalue weighted by molar-refractivity contribution is -0.135. The minimum Gasteiger partial charge on any atom is -0.480 e. The van der Waals surface area contributed by atoms with Gasteiger partial charge in [-0.2, -0.15) is 0 Å².